The smallest absolute Gasteiger partial charge is 0.170 e. The molecule has 0 saturated heterocycles. The van der Waals surface area contributed by atoms with Gasteiger partial charge in [0.05, 0.1) is 12.8 Å². The van der Waals surface area contributed by atoms with Crippen LogP contribution < -0.4 is 15.4 Å². The summed E-state index contributed by atoms with van der Waals surface area (Å²) in [6, 6.07) is 19.5. The molecule has 0 aliphatic rings. The number of nitrogens with one attached hydrogen (secondary N) is 2. The van der Waals surface area contributed by atoms with Crippen molar-refractivity contribution in [2.45, 2.75) is 16.3 Å². The maximum atomic E-state index is 5.95. The molecule has 144 valence electrons. The van der Waals surface area contributed by atoms with Crippen LogP contribution in [-0.2, 0) is 6.42 Å². The first kappa shape index (κ1) is 20.5. The third kappa shape index (κ3) is 6.12. The molecule has 2 N–H and O–H groups in total. The number of hydrogen-bond acceptors (Lipinski definition) is 4. The lowest BCUT2D eigenvalue weighted by Gasteiger charge is -2.13. The second-order valence-electron chi connectivity index (χ2n) is 5.89. The standard InChI is InChI=1S/C21H20ClN3OS2/c1-26-17-8-4-15(5-9-17)12-14-24-21(27)25-19-3-2-13-23-20(19)28-18-10-6-16(22)7-11-18/h2-11,13H,12,14H2,1H3,(H2,24,25,27). The van der Waals surface area contributed by atoms with Crippen molar-refractivity contribution in [3.8, 4) is 5.75 Å². The van der Waals surface area contributed by atoms with Crippen molar-refractivity contribution in [1.82, 2.24) is 10.3 Å². The van der Waals surface area contributed by atoms with Crippen molar-refractivity contribution in [3.05, 3.63) is 77.4 Å². The van der Waals surface area contributed by atoms with Crippen molar-refractivity contribution < 1.29 is 4.74 Å². The van der Waals surface area contributed by atoms with Gasteiger partial charge in [0.25, 0.3) is 0 Å². The first-order chi connectivity index (χ1) is 13.6. The molecule has 0 amide bonds. The maximum Gasteiger partial charge on any atom is 0.170 e. The number of benzene rings is 2. The largest absolute Gasteiger partial charge is 0.497 e. The number of pyridine rings is 1. The molecule has 1 aromatic heterocycles. The van der Waals surface area contributed by atoms with Gasteiger partial charge in [0, 0.05) is 22.7 Å². The van der Waals surface area contributed by atoms with Gasteiger partial charge < -0.3 is 15.4 Å². The van der Waals surface area contributed by atoms with Crippen molar-refractivity contribution in [2.75, 3.05) is 19.0 Å². The minimum Gasteiger partial charge on any atom is -0.497 e. The summed E-state index contributed by atoms with van der Waals surface area (Å²) in [5.41, 5.74) is 2.08. The Hall–Kier alpha value is -2.28. The fourth-order valence-electron chi connectivity index (χ4n) is 2.46. The van der Waals surface area contributed by atoms with Crippen molar-refractivity contribution in [2.24, 2.45) is 0 Å². The van der Waals surface area contributed by atoms with Crippen LogP contribution in [0.2, 0.25) is 5.02 Å². The first-order valence-electron chi connectivity index (χ1n) is 8.70. The van der Waals surface area contributed by atoms with Crippen molar-refractivity contribution >= 4 is 46.4 Å². The second kappa shape index (κ2) is 10.3. The van der Waals surface area contributed by atoms with Crippen LogP contribution in [0.4, 0.5) is 5.69 Å². The minimum atomic E-state index is 0.569. The van der Waals surface area contributed by atoms with Gasteiger partial charge in [-0.25, -0.2) is 4.98 Å². The van der Waals surface area contributed by atoms with Gasteiger partial charge in [-0.15, -0.1) is 0 Å². The van der Waals surface area contributed by atoms with E-state index in [9.17, 15) is 0 Å². The topological polar surface area (TPSA) is 46.2 Å². The zero-order valence-electron chi connectivity index (χ0n) is 15.3. The van der Waals surface area contributed by atoms with E-state index < -0.39 is 0 Å². The van der Waals surface area contributed by atoms with Crippen LogP contribution in [0.1, 0.15) is 5.56 Å². The predicted octanol–water partition coefficient (Wildman–Crippen LogP) is 5.42. The Labute approximate surface area is 179 Å². The highest BCUT2D eigenvalue weighted by atomic mass is 35.5. The van der Waals surface area contributed by atoms with E-state index in [4.69, 9.17) is 28.6 Å². The van der Waals surface area contributed by atoms with E-state index in [-0.39, 0.29) is 0 Å². The van der Waals surface area contributed by atoms with Gasteiger partial charge in [-0.05, 0) is 72.7 Å². The van der Waals surface area contributed by atoms with Crippen LogP contribution >= 0.6 is 35.6 Å². The molecule has 0 saturated carbocycles. The lowest BCUT2D eigenvalue weighted by molar-refractivity contribution is 0.414. The van der Waals surface area contributed by atoms with E-state index in [0.717, 1.165) is 34.3 Å². The average Bonchev–Trinajstić information content (AvgIpc) is 2.72. The monoisotopic (exact) mass is 429 g/mol. The van der Waals surface area contributed by atoms with Crippen LogP contribution in [0.25, 0.3) is 0 Å². The lowest BCUT2D eigenvalue weighted by Crippen LogP contribution is -2.30. The van der Waals surface area contributed by atoms with Crippen molar-refractivity contribution in [3.63, 3.8) is 0 Å². The van der Waals surface area contributed by atoms with Crippen LogP contribution in [0.5, 0.6) is 5.75 Å². The number of ether oxygens (including phenoxy) is 1. The summed E-state index contributed by atoms with van der Waals surface area (Å²) in [5, 5.41) is 8.61. The molecule has 0 aliphatic heterocycles. The van der Waals surface area contributed by atoms with E-state index in [1.807, 2.05) is 48.5 Å². The average molecular weight is 430 g/mol. The summed E-state index contributed by atoms with van der Waals surface area (Å²) in [5.74, 6) is 0.858. The van der Waals surface area contributed by atoms with E-state index in [0.29, 0.717) is 10.1 Å². The van der Waals surface area contributed by atoms with Crippen LogP contribution in [0.3, 0.4) is 0 Å². The molecule has 1 heterocycles. The zero-order valence-corrected chi connectivity index (χ0v) is 17.7. The maximum absolute atomic E-state index is 5.95. The highest BCUT2D eigenvalue weighted by Crippen LogP contribution is 2.32. The molecule has 3 rings (SSSR count). The Kier molecular flexibility index (Phi) is 7.54. The highest BCUT2D eigenvalue weighted by molar-refractivity contribution is 7.99. The SMILES string of the molecule is COc1ccc(CCNC(=S)Nc2cccnc2Sc2ccc(Cl)cc2)cc1. The highest BCUT2D eigenvalue weighted by Gasteiger charge is 2.07. The number of rotatable bonds is 7. The summed E-state index contributed by atoms with van der Waals surface area (Å²) < 4.78 is 5.18. The number of halogens is 1. The number of aromatic nitrogens is 1. The van der Waals surface area contributed by atoms with Gasteiger partial charge in [0.2, 0.25) is 0 Å². The molecule has 0 fully saturated rings. The number of thiocarbonyl (C=S) groups is 1. The number of hydrogen-bond donors (Lipinski definition) is 2. The molecule has 0 bridgehead atoms. The van der Waals surface area contributed by atoms with Gasteiger partial charge in [-0.2, -0.15) is 0 Å². The minimum absolute atomic E-state index is 0.569. The molecule has 28 heavy (non-hydrogen) atoms. The van der Waals surface area contributed by atoms with E-state index in [1.54, 1.807) is 25.1 Å². The van der Waals surface area contributed by atoms with E-state index in [2.05, 4.69) is 27.8 Å². The molecule has 0 spiro atoms. The molecular weight excluding hydrogens is 410 g/mol. The number of nitrogens with zero attached hydrogens (tertiary/aromatic N) is 1. The van der Waals surface area contributed by atoms with E-state index in [1.165, 1.54) is 5.56 Å². The van der Waals surface area contributed by atoms with Gasteiger partial charge in [0.1, 0.15) is 10.8 Å². The summed E-state index contributed by atoms with van der Waals surface area (Å²) in [7, 11) is 1.67. The van der Waals surface area contributed by atoms with Gasteiger partial charge in [0.15, 0.2) is 5.11 Å². The summed E-state index contributed by atoms with van der Waals surface area (Å²) >= 11 is 12.9. The first-order valence-corrected chi connectivity index (χ1v) is 10.3. The Balaban J connectivity index is 1.54. The van der Waals surface area contributed by atoms with Crippen LogP contribution in [0, 0.1) is 0 Å². The second-order valence-corrected chi connectivity index (χ2v) is 7.80. The van der Waals surface area contributed by atoms with Gasteiger partial charge >= 0.3 is 0 Å². The molecule has 0 aliphatic carbocycles. The summed E-state index contributed by atoms with van der Waals surface area (Å²) in [4.78, 5) is 5.52. The molecule has 7 heteroatoms. The molecular formula is C21H20ClN3OS2. The van der Waals surface area contributed by atoms with Crippen LogP contribution in [0.15, 0.2) is 76.8 Å². The lowest BCUT2D eigenvalue weighted by atomic mass is 10.1. The molecule has 0 radical (unpaired) electrons. The van der Waals surface area contributed by atoms with Gasteiger partial charge in [-0.1, -0.05) is 35.5 Å². The van der Waals surface area contributed by atoms with E-state index >= 15 is 0 Å². The van der Waals surface area contributed by atoms with Crippen LogP contribution in [-0.4, -0.2) is 23.8 Å². The Morgan fingerprint density at radius 1 is 1.11 bits per heavy atom. The zero-order chi connectivity index (χ0) is 19.8. The number of anilines is 1. The third-order valence-electron chi connectivity index (χ3n) is 3.91. The Morgan fingerprint density at radius 3 is 2.57 bits per heavy atom. The van der Waals surface area contributed by atoms with Crippen molar-refractivity contribution in [1.29, 1.82) is 0 Å². The number of methoxy groups -OCH3 is 1. The quantitative estimate of drug-likeness (QED) is 0.489. The molecule has 4 nitrogen and oxygen atoms in total. The molecule has 0 atom stereocenters. The van der Waals surface area contributed by atoms with Gasteiger partial charge in [-0.3, -0.25) is 0 Å². The fourth-order valence-corrected chi connectivity index (χ4v) is 3.64. The molecule has 3 aromatic rings. The molecule has 2 aromatic carbocycles. The summed E-state index contributed by atoms with van der Waals surface area (Å²) in [6.07, 6.45) is 2.63. The molecule has 0 unspecified atom stereocenters. The predicted molar refractivity (Wildman–Crippen MR) is 121 cm³/mol. The Morgan fingerprint density at radius 2 is 1.86 bits per heavy atom. The normalized spacial score (nSPS) is 10.4. The Bertz CT molecular complexity index is 918. The third-order valence-corrected chi connectivity index (χ3v) is 5.43. The fraction of sp³-hybridized carbons (Fsp3) is 0.143. The summed E-state index contributed by atoms with van der Waals surface area (Å²) in [6.45, 7) is 0.734.